The minimum atomic E-state index is 0.472. The Hall–Kier alpha value is -3.13. The van der Waals surface area contributed by atoms with Crippen LogP contribution in [0, 0.1) is 6.92 Å². The molecule has 2 heteroatoms. The molecule has 3 heterocycles. The van der Waals surface area contributed by atoms with E-state index in [4.69, 9.17) is 0 Å². The molecule has 3 aromatic carbocycles. The quantitative estimate of drug-likeness (QED) is 0.219. The minimum Gasteiger partial charge on any atom is -0.225 e. The fraction of sp³-hybridized carbons (Fsp3) is 0.276. The van der Waals surface area contributed by atoms with Crippen molar-refractivity contribution < 1.29 is 4.57 Å². The maximum absolute atomic E-state index is 2.54. The van der Waals surface area contributed by atoms with E-state index in [-0.39, 0.29) is 0 Å². The number of benzene rings is 3. The molecule has 6 rings (SSSR count). The second kappa shape index (κ2) is 6.43. The topological polar surface area (TPSA) is 8.29 Å². The van der Waals surface area contributed by atoms with Crippen LogP contribution in [0.5, 0.6) is 0 Å². The Morgan fingerprint density at radius 2 is 1.55 bits per heavy atom. The summed E-state index contributed by atoms with van der Waals surface area (Å²) in [7, 11) is 0. The van der Waals surface area contributed by atoms with Crippen LogP contribution < -0.4 is 4.57 Å². The third kappa shape index (κ3) is 2.48. The van der Waals surface area contributed by atoms with E-state index in [9.17, 15) is 0 Å². The van der Waals surface area contributed by atoms with E-state index in [0.717, 1.165) is 6.54 Å². The molecule has 2 aromatic heterocycles. The lowest BCUT2D eigenvalue weighted by atomic mass is 9.87. The largest absolute Gasteiger partial charge is 0.295 e. The van der Waals surface area contributed by atoms with Crippen molar-refractivity contribution in [1.82, 2.24) is 4.40 Å². The van der Waals surface area contributed by atoms with Gasteiger partial charge in [0.25, 0.3) is 5.65 Å². The van der Waals surface area contributed by atoms with Gasteiger partial charge in [-0.2, -0.15) is 4.40 Å². The van der Waals surface area contributed by atoms with E-state index in [1.54, 1.807) is 0 Å². The Labute approximate surface area is 183 Å². The summed E-state index contributed by atoms with van der Waals surface area (Å²) in [4.78, 5) is 0. The van der Waals surface area contributed by atoms with Gasteiger partial charge in [0.05, 0.1) is 5.39 Å². The first-order valence-corrected chi connectivity index (χ1v) is 11.5. The summed E-state index contributed by atoms with van der Waals surface area (Å²) < 4.78 is 5.01. The lowest BCUT2D eigenvalue weighted by Crippen LogP contribution is -2.28. The standard InChI is InChI=1S/C29H29N2/c1-17(2)21-9-7-10-22(18(3)4)28(21)26-16-30-15-20-8-6-11-23-24-14-19(5)12-13-25(24)31(26)29(30)27(20)23/h6-14,16-18H,15H2,1-5H3/q+1. The molecule has 0 aliphatic carbocycles. The van der Waals surface area contributed by atoms with Crippen LogP contribution in [0.2, 0.25) is 0 Å². The van der Waals surface area contributed by atoms with E-state index < -0.39 is 0 Å². The Morgan fingerprint density at radius 1 is 0.839 bits per heavy atom. The van der Waals surface area contributed by atoms with Gasteiger partial charge in [-0.1, -0.05) is 75.7 Å². The first-order valence-electron chi connectivity index (χ1n) is 11.5. The van der Waals surface area contributed by atoms with Crippen molar-refractivity contribution >= 4 is 27.3 Å². The Balaban J connectivity index is 1.86. The van der Waals surface area contributed by atoms with Gasteiger partial charge in [0, 0.05) is 21.9 Å². The van der Waals surface area contributed by atoms with Crippen molar-refractivity contribution in [3.63, 3.8) is 0 Å². The van der Waals surface area contributed by atoms with E-state index in [1.807, 2.05) is 0 Å². The molecule has 5 aromatic rings. The molecular formula is C29H29N2+. The first-order chi connectivity index (χ1) is 15.0. The molecule has 0 fully saturated rings. The van der Waals surface area contributed by atoms with Crippen LogP contribution in [0.3, 0.4) is 0 Å². The summed E-state index contributed by atoms with van der Waals surface area (Å²) >= 11 is 0. The zero-order chi connectivity index (χ0) is 21.4. The van der Waals surface area contributed by atoms with Gasteiger partial charge in [0.1, 0.15) is 18.3 Å². The number of rotatable bonds is 3. The van der Waals surface area contributed by atoms with Gasteiger partial charge in [0.15, 0.2) is 5.69 Å². The molecule has 1 aliphatic heterocycles. The molecule has 0 N–H and O–H groups in total. The SMILES string of the molecule is Cc1ccc2c(c1)c1cccc3c1c1n2c(-c2c(C(C)C)cccc2C(C)C)c[n+]1C3. The highest BCUT2D eigenvalue weighted by molar-refractivity contribution is 6.13. The molecule has 0 spiro atoms. The van der Waals surface area contributed by atoms with Crippen molar-refractivity contribution in [2.45, 2.75) is 53.0 Å². The Kier molecular flexibility index (Phi) is 3.87. The lowest BCUT2D eigenvalue weighted by molar-refractivity contribution is -0.657. The molecule has 0 amide bonds. The molecule has 0 saturated carbocycles. The van der Waals surface area contributed by atoms with Crippen LogP contribution in [0.25, 0.3) is 38.6 Å². The van der Waals surface area contributed by atoms with Gasteiger partial charge < -0.3 is 0 Å². The molecule has 0 bridgehead atoms. The fourth-order valence-corrected chi connectivity index (χ4v) is 5.62. The van der Waals surface area contributed by atoms with E-state index in [1.165, 1.54) is 60.8 Å². The van der Waals surface area contributed by atoms with Crippen LogP contribution in [-0.2, 0) is 6.54 Å². The monoisotopic (exact) mass is 405 g/mol. The highest BCUT2D eigenvalue weighted by atomic mass is 15.1. The Bertz CT molecular complexity index is 1490. The summed E-state index contributed by atoms with van der Waals surface area (Å²) in [6.45, 7) is 12.4. The average Bonchev–Trinajstić information content (AvgIpc) is 3.29. The highest BCUT2D eigenvalue weighted by Gasteiger charge is 2.32. The van der Waals surface area contributed by atoms with E-state index in [0.29, 0.717) is 11.8 Å². The molecular weight excluding hydrogens is 376 g/mol. The highest BCUT2D eigenvalue weighted by Crippen LogP contribution is 2.41. The van der Waals surface area contributed by atoms with E-state index in [2.05, 4.69) is 104 Å². The van der Waals surface area contributed by atoms with Gasteiger partial charge in [-0.05, 0) is 42.0 Å². The summed E-state index contributed by atoms with van der Waals surface area (Å²) in [5, 5.41) is 4.14. The molecule has 1 aliphatic rings. The third-order valence-electron chi connectivity index (χ3n) is 7.03. The number of aromatic nitrogens is 2. The Morgan fingerprint density at radius 3 is 2.26 bits per heavy atom. The number of fused-ring (bicyclic) bond motifs is 3. The summed E-state index contributed by atoms with van der Waals surface area (Å²) in [6.07, 6.45) is 2.40. The van der Waals surface area contributed by atoms with Gasteiger partial charge in [-0.3, -0.25) is 0 Å². The van der Waals surface area contributed by atoms with Crippen molar-refractivity contribution in [2.75, 3.05) is 0 Å². The number of aryl methyl sites for hydroxylation is 1. The molecule has 31 heavy (non-hydrogen) atoms. The van der Waals surface area contributed by atoms with Gasteiger partial charge in [0.2, 0.25) is 0 Å². The molecule has 0 atom stereocenters. The predicted molar refractivity (Wildman–Crippen MR) is 130 cm³/mol. The molecule has 0 unspecified atom stereocenters. The van der Waals surface area contributed by atoms with Crippen LogP contribution in [0.1, 0.15) is 61.8 Å². The summed E-state index contributed by atoms with van der Waals surface area (Å²) in [5.41, 5.74) is 11.0. The van der Waals surface area contributed by atoms with Gasteiger partial charge in [-0.25, -0.2) is 4.57 Å². The van der Waals surface area contributed by atoms with Crippen LogP contribution in [-0.4, -0.2) is 4.40 Å². The zero-order valence-corrected chi connectivity index (χ0v) is 19.0. The van der Waals surface area contributed by atoms with Gasteiger partial charge >= 0.3 is 0 Å². The zero-order valence-electron chi connectivity index (χ0n) is 19.0. The van der Waals surface area contributed by atoms with Crippen LogP contribution in [0.15, 0.2) is 60.8 Å². The maximum atomic E-state index is 2.54. The first kappa shape index (κ1) is 18.6. The minimum absolute atomic E-state index is 0.472. The lowest BCUT2D eigenvalue weighted by Gasteiger charge is -2.18. The summed E-state index contributed by atoms with van der Waals surface area (Å²) in [5.74, 6) is 0.945. The van der Waals surface area contributed by atoms with Crippen molar-refractivity contribution in [3.8, 4) is 11.3 Å². The normalized spacial score (nSPS) is 13.1. The number of pyridine rings is 1. The molecule has 154 valence electrons. The van der Waals surface area contributed by atoms with Crippen LogP contribution >= 0.6 is 0 Å². The van der Waals surface area contributed by atoms with Crippen LogP contribution in [0.4, 0.5) is 0 Å². The molecule has 0 saturated heterocycles. The van der Waals surface area contributed by atoms with Crippen molar-refractivity contribution in [2.24, 2.45) is 0 Å². The summed E-state index contributed by atoms with van der Waals surface area (Å²) in [6, 6.07) is 20.6. The molecule has 2 nitrogen and oxygen atoms in total. The van der Waals surface area contributed by atoms with Crippen molar-refractivity contribution in [3.05, 3.63) is 83.0 Å². The smallest absolute Gasteiger partial charge is 0.225 e. The average molecular weight is 406 g/mol. The number of imidazole rings is 1. The predicted octanol–water partition coefficient (Wildman–Crippen LogP) is 7.12. The number of hydrogen-bond donors (Lipinski definition) is 0. The second-order valence-electron chi connectivity index (χ2n) is 9.78. The second-order valence-corrected chi connectivity index (χ2v) is 9.78. The maximum Gasteiger partial charge on any atom is 0.295 e. The van der Waals surface area contributed by atoms with E-state index >= 15 is 0 Å². The molecule has 0 radical (unpaired) electrons. The number of hydrogen-bond acceptors (Lipinski definition) is 0. The van der Waals surface area contributed by atoms with Crippen molar-refractivity contribution in [1.29, 1.82) is 0 Å². The van der Waals surface area contributed by atoms with Gasteiger partial charge in [-0.15, -0.1) is 0 Å². The number of nitrogens with zero attached hydrogens (tertiary/aromatic N) is 2. The fourth-order valence-electron chi connectivity index (χ4n) is 5.62. The third-order valence-corrected chi connectivity index (χ3v) is 7.03.